The highest BCUT2D eigenvalue weighted by atomic mass is 32.2. The molecule has 0 bridgehead atoms. The first-order valence-electron chi connectivity index (χ1n) is 4.47. The van der Waals surface area contributed by atoms with E-state index in [1.54, 1.807) is 0 Å². The van der Waals surface area contributed by atoms with Gasteiger partial charge >= 0.3 is 18.1 Å². The maximum absolute atomic E-state index is 12.2. The molecule has 0 saturated heterocycles. The molecule has 0 aromatic carbocycles. The monoisotopic (exact) mass is 317 g/mol. The fourth-order valence-corrected chi connectivity index (χ4v) is 1.91. The molecule has 0 aliphatic rings. The van der Waals surface area contributed by atoms with Gasteiger partial charge in [-0.15, -0.1) is 13.2 Å². The van der Waals surface area contributed by atoms with Crippen LogP contribution in [0.3, 0.4) is 0 Å². The highest BCUT2D eigenvalue weighted by Gasteiger charge is 2.40. The second-order valence-electron chi connectivity index (χ2n) is 3.17. The van der Waals surface area contributed by atoms with Gasteiger partial charge in [-0.2, -0.15) is 0 Å². The third kappa shape index (κ3) is 3.67. The minimum atomic E-state index is -5.33. The lowest BCUT2D eigenvalue weighted by molar-refractivity contribution is -0.390. The van der Waals surface area contributed by atoms with Crippen LogP contribution in [-0.4, -0.2) is 31.8 Å². The van der Waals surface area contributed by atoms with Crippen LogP contribution in [0.5, 0.6) is 11.6 Å². The topological polar surface area (TPSA) is 135 Å². The van der Waals surface area contributed by atoms with E-state index in [4.69, 9.17) is 5.14 Å². The summed E-state index contributed by atoms with van der Waals surface area (Å²) in [4.78, 5) is 11.0. The van der Waals surface area contributed by atoms with Crippen LogP contribution in [0.15, 0.2) is 11.0 Å². The molecule has 0 fully saturated rings. The Hall–Kier alpha value is -2.15. The normalized spacial score (nSPS) is 12.1. The van der Waals surface area contributed by atoms with Crippen LogP contribution in [-0.2, 0) is 10.0 Å². The van der Waals surface area contributed by atoms with E-state index >= 15 is 0 Å². The number of methoxy groups -OCH3 is 1. The molecule has 2 N–H and O–H groups in total. The predicted molar refractivity (Wildman–Crippen MR) is 55.5 cm³/mol. The predicted octanol–water partition coefficient (Wildman–Crippen LogP) is 0.544. The molecule has 0 radical (unpaired) electrons. The largest absolute Gasteiger partial charge is 0.575 e. The Morgan fingerprint density at radius 2 is 2.00 bits per heavy atom. The van der Waals surface area contributed by atoms with Gasteiger partial charge in [0.25, 0.3) is 0 Å². The van der Waals surface area contributed by atoms with Crippen molar-refractivity contribution in [3.8, 4) is 11.6 Å². The number of primary sulfonamides is 1. The van der Waals surface area contributed by atoms with Crippen LogP contribution in [0.25, 0.3) is 0 Å². The number of hydrogen-bond acceptors (Lipinski definition) is 7. The molecule has 13 heteroatoms. The molecule has 1 heterocycles. The van der Waals surface area contributed by atoms with Crippen molar-refractivity contribution in [1.82, 2.24) is 4.98 Å². The van der Waals surface area contributed by atoms with Gasteiger partial charge in [-0.25, -0.2) is 13.6 Å². The lowest BCUT2D eigenvalue weighted by Gasteiger charge is -2.10. The number of sulfonamides is 1. The molecule has 0 saturated carbocycles. The number of rotatable bonds is 4. The summed E-state index contributed by atoms with van der Waals surface area (Å²) < 4.78 is 66.8. The van der Waals surface area contributed by atoms with Crippen LogP contribution < -0.4 is 14.6 Å². The van der Waals surface area contributed by atoms with Gasteiger partial charge in [0.2, 0.25) is 14.9 Å². The Morgan fingerprint density at radius 1 is 1.45 bits per heavy atom. The molecule has 0 unspecified atom stereocenters. The number of nitrogens with two attached hydrogens (primary N) is 1. The highest BCUT2D eigenvalue weighted by molar-refractivity contribution is 7.89. The van der Waals surface area contributed by atoms with Crippen molar-refractivity contribution >= 4 is 15.8 Å². The molecular formula is C7H6F3N3O6S. The first-order valence-corrected chi connectivity index (χ1v) is 6.02. The maximum atomic E-state index is 12.2. The molecule has 1 aromatic rings. The Bertz CT molecular complexity index is 644. The van der Waals surface area contributed by atoms with Crippen molar-refractivity contribution in [1.29, 1.82) is 0 Å². The number of hydrogen-bond donors (Lipinski definition) is 1. The number of aromatic nitrogens is 1. The molecular weight excluding hydrogens is 311 g/mol. The standard InChI is InChI=1S/C7H6F3N3O6S/c1-18-3-2-4(13(14)15)12-6(19-7(8,9)10)5(3)20(11,16)17/h2H,1H3,(H2,11,16,17). The fourth-order valence-electron chi connectivity index (χ4n) is 1.16. The lowest BCUT2D eigenvalue weighted by Crippen LogP contribution is -2.22. The van der Waals surface area contributed by atoms with Crippen LogP contribution in [0.2, 0.25) is 0 Å². The van der Waals surface area contributed by atoms with E-state index in [1.807, 2.05) is 0 Å². The Kier molecular flexibility index (Phi) is 4.04. The lowest BCUT2D eigenvalue weighted by atomic mass is 10.4. The molecule has 0 spiro atoms. The maximum Gasteiger partial charge on any atom is 0.575 e. The summed E-state index contributed by atoms with van der Waals surface area (Å²) in [7, 11) is -3.85. The zero-order valence-electron chi connectivity index (χ0n) is 9.54. The number of nitro groups is 1. The Morgan fingerprint density at radius 3 is 2.35 bits per heavy atom. The molecule has 9 nitrogen and oxygen atoms in total. The fraction of sp³-hybridized carbons (Fsp3) is 0.286. The van der Waals surface area contributed by atoms with E-state index in [9.17, 15) is 31.7 Å². The van der Waals surface area contributed by atoms with Crippen molar-refractivity contribution in [3.05, 3.63) is 16.2 Å². The summed E-state index contributed by atoms with van der Waals surface area (Å²) in [5.74, 6) is -3.49. The van der Waals surface area contributed by atoms with Crippen molar-refractivity contribution in [3.63, 3.8) is 0 Å². The van der Waals surface area contributed by atoms with Gasteiger partial charge in [-0.05, 0) is 4.92 Å². The minimum Gasteiger partial charge on any atom is -0.495 e. The number of ether oxygens (including phenoxy) is 2. The average molecular weight is 317 g/mol. The van der Waals surface area contributed by atoms with Crippen molar-refractivity contribution in [2.75, 3.05) is 7.11 Å². The van der Waals surface area contributed by atoms with Gasteiger partial charge < -0.3 is 19.6 Å². The molecule has 0 aliphatic heterocycles. The van der Waals surface area contributed by atoms with Crippen molar-refractivity contribution < 1.29 is 36.0 Å². The second kappa shape index (κ2) is 5.09. The second-order valence-corrected chi connectivity index (χ2v) is 4.67. The quantitative estimate of drug-likeness (QED) is 0.632. The van der Waals surface area contributed by atoms with E-state index in [-0.39, 0.29) is 0 Å². The first-order chi connectivity index (χ1) is 8.95. The number of halogens is 3. The Labute approximate surface area is 109 Å². The van der Waals surface area contributed by atoms with Crippen LogP contribution in [0.4, 0.5) is 19.0 Å². The zero-order valence-corrected chi connectivity index (χ0v) is 10.4. The van der Waals surface area contributed by atoms with Crippen LogP contribution in [0, 0.1) is 10.1 Å². The SMILES string of the molecule is COc1cc([N+](=O)[O-])nc(OC(F)(F)F)c1S(N)(=O)=O. The molecule has 1 rings (SSSR count). The first kappa shape index (κ1) is 15.9. The summed E-state index contributed by atoms with van der Waals surface area (Å²) in [6, 6.07) is 0.503. The molecule has 0 aliphatic carbocycles. The molecule has 112 valence electrons. The van der Waals surface area contributed by atoms with Crippen molar-refractivity contribution in [2.24, 2.45) is 5.14 Å². The number of pyridine rings is 1. The van der Waals surface area contributed by atoms with Crippen molar-refractivity contribution in [2.45, 2.75) is 11.3 Å². The summed E-state index contributed by atoms with van der Waals surface area (Å²) in [6.07, 6.45) is -5.33. The summed E-state index contributed by atoms with van der Waals surface area (Å²) in [6.45, 7) is 0. The summed E-state index contributed by atoms with van der Waals surface area (Å²) in [5.41, 5.74) is 0. The van der Waals surface area contributed by atoms with Crippen LogP contribution >= 0.6 is 0 Å². The van der Waals surface area contributed by atoms with Gasteiger partial charge in [0.1, 0.15) is 0 Å². The summed E-state index contributed by atoms with van der Waals surface area (Å²) >= 11 is 0. The molecule has 0 amide bonds. The van der Waals surface area contributed by atoms with Gasteiger partial charge in [0, 0.05) is 4.98 Å². The number of nitrogens with zero attached hydrogens (tertiary/aromatic N) is 2. The van der Waals surface area contributed by atoms with Gasteiger partial charge in [-0.3, -0.25) is 0 Å². The molecule has 20 heavy (non-hydrogen) atoms. The molecule has 1 aromatic heterocycles. The number of alkyl halides is 3. The van der Waals surface area contributed by atoms with E-state index in [0.717, 1.165) is 7.11 Å². The van der Waals surface area contributed by atoms with E-state index in [0.29, 0.717) is 6.07 Å². The third-order valence-corrected chi connectivity index (χ3v) is 2.74. The van der Waals surface area contributed by atoms with E-state index in [1.165, 1.54) is 0 Å². The zero-order chi connectivity index (χ0) is 15.7. The van der Waals surface area contributed by atoms with Gasteiger partial charge in [0.15, 0.2) is 5.75 Å². The average Bonchev–Trinajstić information content (AvgIpc) is 2.23. The minimum absolute atomic E-state index is 0.503. The van der Waals surface area contributed by atoms with E-state index in [2.05, 4.69) is 14.5 Å². The summed E-state index contributed by atoms with van der Waals surface area (Å²) in [5, 5.41) is 15.2. The molecule has 0 atom stereocenters. The smallest absolute Gasteiger partial charge is 0.495 e. The van der Waals surface area contributed by atoms with E-state index < -0.39 is 43.7 Å². The highest BCUT2D eigenvalue weighted by Crippen LogP contribution is 2.36. The van der Waals surface area contributed by atoms with Gasteiger partial charge in [-0.1, -0.05) is 0 Å². The van der Waals surface area contributed by atoms with Crippen LogP contribution in [0.1, 0.15) is 0 Å². The Balaban J connectivity index is 3.66. The van der Waals surface area contributed by atoms with Gasteiger partial charge in [0.05, 0.1) is 13.2 Å². The third-order valence-electron chi connectivity index (χ3n) is 1.80.